The number of ether oxygens (including phenoxy) is 1. The topological polar surface area (TPSA) is 51.2 Å². The van der Waals surface area contributed by atoms with Gasteiger partial charge in [-0.25, -0.2) is 4.98 Å². The number of amides is 1. The van der Waals surface area contributed by atoms with Crippen LogP contribution in [-0.2, 0) is 11.0 Å². The summed E-state index contributed by atoms with van der Waals surface area (Å²) in [5.74, 6) is 0.307. The van der Waals surface area contributed by atoms with Crippen LogP contribution in [0.3, 0.4) is 0 Å². The molecule has 0 aliphatic heterocycles. The second-order valence-corrected chi connectivity index (χ2v) is 5.17. The van der Waals surface area contributed by atoms with Crippen molar-refractivity contribution in [2.75, 3.05) is 11.9 Å². The number of anilines is 1. The quantitative estimate of drug-likeness (QED) is 0.778. The Morgan fingerprint density at radius 1 is 1.20 bits per heavy atom. The van der Waals surface area contributed by atoms with Gasteiger partial charge in [0.1, 0.15) is 11.6 Å². The van der Waals surface area contributed by atoms with Gasteiger partial charge in [0.15, 0.2) is 0 Å². The molecule has 0 saturated carbocycles. The van der Waals surface area contributed by atoms with Gasteiger partial charge in [-0.05, 0) is 42.3 Å². The number of rotatable bonds is 6. The van der Waals surface area contributed by atoms with Crippen LogP contribution in [0.4, 0.5) is 19.0 Å². The lowest BCUT2D eigenvalue weighted by atomic mass is 10.2. The molecule has 7 heteroatoms. The number of nitrogens with one attached hydrogen (secondary N) is 1. The monoisotopic (exact) mass is 350 g/mol. The minimum absolute atomic E-state index is 0.0472. The highest BCUT2D eigenvalue weighted by Crippen LogP contribution is 2.28. The molecule has 132 valence electrons. The molecule has 4 nitrogen and oxygen atoms in total. The zero-order valence-corrected chi connectivity index (χ0v) is 13.5. The van der Waals surface area contributed by atoms with E-state index in [0.717, 1.165) is 29.9 Å². The summed E-state index contributed by atoms with van der Waals surface area (Å²) in [6, 6.07) is 9.15. The maximum atomic E-state index is 12.4. The molecule has 1 aromatic heterocycles. The van der Waals surface area contributed by atoms with Crippen LogP contribution in [0.15, 0.2) is 48.7 Å². The van der Waals surface area contributed by atoms with Crippen molar-refractivity contribution in [3.8, 4) is 5.75 Å². The molecule has 1 heterocycles. The van der Waals surface area contributed by atoms with Gasteiger partial charge in [0.05, 0.1) is 12.2 Å². The lowest BCUT2D eigenvalue weighted by Gasteiger charge is -2.07. The highest BCUT2D eigenvalue weighted by molar-refractivity contribution is 6.01. The van der Waals surface area contributed by atoms with Crippen molar-refractivity contribution in [1.82, 2.24) is 4.98 Å². The summed E-state index contributed by atoms with van der Waals surface area (Å²) in [4.78, 5) is 15.4. The summed E-state index contributed by atoms with van der Waals surface area (Å²) in [6.45, 7) is 2.65. The van der Waals surface area contributed by atoms with Crippen LogP contribution < -0.4 is 10.1 Å². The lowest BCUT2D eigenvalue weighted by Crippen LogP contribution is -2.11. The van der Waals surface area contributed by atoms with Gasteiger partial charge in [-0.2, -0.15) is 13.2 Å². The highest BCUT2D eigenvalue weighted by atomic mass is 19.4. The highest BCUT2D eigenvalue weighted by Gasteiger charge is 2.30. The number of carbonyl (C=O) groups is 1. The number of hydrogen-bond donors (Lipinski definition) is 1. The maximum Gasteiger partial charge on any atom is 0.417 e. The maximum absolute atomic E-state index is 12.4. The first kappa shape index (κ1) is 18.5. The molecular formula is C18H17F3N2O2. The molecule has 0 radical (unpaired) electrons. The average molecular weight is 350 g/mol. The molecule has 25 heavy (non-hydrogen) atoms. The molecule has 0 atom stereocenters. The zero-order valence-electron chi connectivity index (χ0n) is 13.5. The number of halogens is 3. The second-order valence-electron chi connectivity index (χ2n) is 5.17. The molecule has 0 unspecified atom stereocenters. The SMILES string of the molecule is CCCOc1ccc(/C=C/C(=O)Nc2ccc(C(F)(F)F)cn2)cc1. The number of pyridine rings is 1. The normalized spacial score (nSPS) is 11.5. The van der Waals surface area contributed by atoms with Crippen LogP contribution in [0.1, 0.15) is 24.5 Å². The van der Waals surface area contributed by atoms with Crippen molar-refractivity contribution < 1.29 is 22.7 Å². The molecule has 0 spiro atoms. The first-order valence-electron chi connectivity index (χ1n) is 7.63. The Morgan fingerprint density at radius 3 is 2.48 bits per heavy atom. The Hall–Kier alpha value is -2.83. The first-order chi connectivity index (χ1) is 11.9. The smallest absolute Gasteiger partial charge is 0.417 e. The molecule has 1 N–H and O–H groups in total. The predicted octanol–water partition coefficient (Wildman–Crippen LogP) is 4.54. The number of aromatic nitrogens is 1. The molecule has 2 rings (SSSR count). The van der Waals surface area contributed by atoms with Crippen molar-refractivity contribution in [1.29, 1.82) is 0 Å². The van der Waals surface area contributed by atoms with Gasteiger partial charge in [-0.15, -0.1) is 0 Å². The number of hydrogen-bond acceptors (Lipinski definition) is 3. The summed E-state index contributed by atoms with van der Waals surface area (Å²) < 4.78 is 42.8. The van der Waals surface area contributed by atoms with E-state index in [-0.39, 0.29) is 5.82 Å². The van der Waals surface area contributed by atoms with Crippen LogP contribution in [0.5, 0.6) is 5.75 Å². The van der Waals surface area contributed by atoms with Crippen molar-refractivity contribution >= 4 is 17.8 Å². The second kappa shape index (κ2) is 8.32. The molecule has 0 aliphatic rings. The van der Waals surface area contributed by atoms with Gasteiger partial charge in [0.2, 0.25) is 5.91 Å². The fraction of sp³-hybridized carbons (Fsp3) is 0.222. The predicted molar refractivity (Wildman–Crippen MR) is 89.1 cm³/mol. The fourth-order valence-electron chi connectivity index (χ4n) is 1.87. The van der Waals surface area contributed by atoms with Crippen molar-refractivity contribution in [2.24, 2.45) is 0 Å². The Labute approximate surface area is 143 Å². The molecule has 1 aromatic carbocycles. The first-order valence-corrected chi connectivity index (χ1v) is 7.63. The molecule has 0 aliphatic carbocycles. The van der Waals surface area contributed by atoms with Crippen LogP contribution in [-0.4, -0.2) is 17.5 Å². The lowest BCUT2D eigenvalue weighted by molar-refractivity contribution is -0.137. The van der Waals surface area contributed by atoms with Gasteiger partial charge >= 0.3 is 6.18 Å². The summed E-state index contributed by atoms with van der Waals surface area (Å²) >= 11 is 0. The largest absolute Gasteiger partial charge is 0.494 e. The average Bonchev–Trinajstić information content (AvgIpc) is 2.59. The number of nitrogens with zero attached hydrogens (tertiary/aromatic N) is 1. The number of benzene rings is 1. The van der Waals surface area contributed by atoms with Gasteiger partial charge in [0, 0.05) is 12.3 Å². The third kappa shape index (κ3) is 5.95. The van der Waals surface area contributed by atoms with Gasteiger partial charge in [-0.1, -0.05) is 19.1 Å². The van der Waals surface area contributed by atoms with E-state index in [0.29, 0.717) is 12.8 Å². The van der Waals surface area contributed by atoms with Crippen molar-refractivity contribution in [3.05, 3.63) is 59.8 Å². The van der Waals surface area contributed by atoms with Gasteiger partial charge in [0.25, 0.3) is 0 Å². The van der Waals surface area contributed by atoms with E-state index in [9.17, 15) is 18.0 Å². The van der Waals surface area contributed by atoms with Crippen molar-refractivity contribution in [3.63, 3.8) is 0 Å². The third-order valence-corrected chi connectivity index (χ3v) is 3.12. The third-order valence-electron chi connectivity index (χ3n) is 3.12. The van der Waals surface area contributed by atoms with Gasteiger partial charge < -0.3 is 10.1 Å². The summed E-state index contributed by atoms with van der Waals surface area (Å²) in [5, 5.41) is 2.40. The van der Waals surface area contributed by atoms with E-state index in [1.54, 1.807) is 30.3 Å². The van der Waals surface area contributed by atoms with E-state index in [1.165, 1.54) is 6.08 Å². The van der Waals surface area contributed by atoms with E-state index >= 15 is 0 Å². The molecular weight excluding hydrogens is 333 g/mol. The summed E-state index contributed by atoms with van der Waals surface area (Å²) in [5.41, 5.74) is -0.0780. The number of alkyl halides is 3. The Kier molecular flexibility index (Phi) is 6.16. The van der Waals surface area contributed by atoms with Crippen LogP contribution in [0.2, 0.25) is 0 Å². The standard InChI is InChI=1S/C18H17F3N2O2/c1-2-11-25-15-7-3-13(4-8-15)5-10-17(24)23-16-9-6-14(12-22-16)18(19,20)21/h3-10,12H,2,11H2,1H3,(H,22,23,24)/b10-5+. The molecule has 1 amide bonds. The summed E-state index contributed by atoms with van der Waals surface area (Å²) in [6.07, 6.45) is 0.000879. The van der Waals surface area contributed by atoms with Crippen molar-refractivity contribution in [2.45, 2.75) is 19.5 Å². The molecule has 0 saturated heterocycles. The van der Waals surface area contributed by atoms with Crippen LogP contribution >= 0.6 is 0 Å². The fourth-order valence-corrected chi connectivity index (χ4v) is 1.87. The van der Waals surface area contributed by atoms with Crippen LogP contribution in [0.25, 0.3) is 6.08 Å². The Morgan fingerprint density at radius 2 is 1.92 bits per heavy atom. The van der Waals surface area contributed by atoms with E-state index in [2.05, 4.69) is 10.3 Å². The summed E-state index contributed by atoms with van der Waals surface area (Å²) in [7, 11) is 0. The van der Waals surface area contributed by atoms with Crippen LogP contribution in [0, 0.1) is 0 Å². The molecule has 2 aromatic rings. The van der Waals surface area contributed by atoms with E-state index < -0.39 is 17.6 Å². The van der Waals surface area contributed by atoms with E-state index in [4.69, 9.17) is 4.74 Å². The Balaban J connectivity index is 1.92. The Bertz CT molecular complexity index is 723. The molecule has 0 bridgehead atoms. The molecule has 0 fully saturated rings. The minimum Gasteiger partial charge on any atom is -0.494 e. The number of carbonyl (C=O) groups excluding carboxylic acids is 1. The zero-order chi connectivity index (χ0) is 18.3. The minimum atomic E-state index is -4.46. The van der Waals surface area contributed by atoms with Gasteiger partial charge in [-0.3, -0.25) is 4.79 Å². The van der Waals surface area contributed by atoms with E-state index in [1.807, 2.05) is 6.92 Å².